The Morgan fingerprint density at radius 2 is 2.04 bits per heavy atom. The van der Waals surface area contributed by atoms with Crippen molar-refractivity contribution >= 4 is 33.3 Å². The van der Waals surface area contributed by atoms with Crippen LogP contribution in [0.5, 0.6) is 0 Å². The van der Waals surface area contributed by atoms with Crippen LogP contribution in [0.1, 0.15) is 32.6 Å². The molecule has 1 saturated carbocycles. The van der Waals surface area contributed by atoms with Crippen LogP contribution in [0, 0.1) is 5.92 Å². The number of amides is 1. The van der Waals surface area contributed by atoms with E-state index in [1.165, 1.54) is 44.5 Å². The minimum absolute atomic E-state index is 0.0347. The number of fused-ring (bicyclic) bond motifs is 1. The van der Waals surface area contributed by atoms with Crippen molar-refractivity contribution in [3.8, 4) is 0 Å². The summed E-state index contributed by atoms with van der Waals surface area (Å²) in [6.45, 7) is 2.18. The first-order chi connectivity index (χ1) is 12.8. The van der Waals surface area contributed by atoms with Crippen LogP contribution in [0.25, 0.3) is 5.65 Å². The SMILES string of the molecule is C[C@H]1CCCC[C@@H]1NC(=O)CSc1nnc2ccc(S(=O)(=O)N(C)C)cn12. The molecule has 1 amide bonds. The van der Waals surface area contributed by atoms with Crippen molar-refractivity contribution in [2.45, 2.75) is 48.7 Å². The molecule has 2 aromatic heterocycles. The molecule has 1 N–H and O–H groups in total. The lowest BCUT2D eigenvalue weighted by molar-refractivity contribution is -0.119. The van der Waals surface area contributed by atoms with E-state index in [-0.39, 0.29) is 22.6 Å². The number of hydrogen-bond donors (Lipinski definition) is 1. The van der Waals surface area contributed by atoms with Gasteiger partial charge in [-0.2, -0.15) is 0 Å². The second-order valence-corrected chi connectivity index (χ2v) is 10.2. The number of nitrogens with zero attached hydrogens (tertiary/aromatic N) is 4. The van der Waals surface area contributed by atoms with Gasteiger partial charge in [-0.3, -0.25) is 9.20 Å². The first-order valence-corrected chi connectivity index (χ1v) is 11.4. The van der Waals surface area contributed by atoms with Crippen LogP contribution in [0.15, 0.2) is 28.4 Å². The number of rotatable bonds is 6. The van der Waals surface area contributed by atoms with E-state index >= 15 is 0 Å². The molecule has 2 heterocycles. The minimum atomic E-state index is -3.55. The number of carbonyl (C=O) groups is 1. The predicted molar refractivity (Wildman–Crippen MR) is 104 cm³/mol. The molecule has 0 saturated heterocycles. The molecule has 1 aliphatic rings. The Bertz CT molecular complexity index is 926. The van der Waals surface area contributed by atoms with Gasteiger partial charge < -0.3 is 5.32 Å². The van der Waals surface area contributed by atoms with E-state index in [1.54, 1.807) is 10.5 Å². The summed E-state index contributed by atoms with van der Waals surface area (Å²) in [5.74, 6) is 0.683. The van der Waals surface area contributed by atoms with Gasteiger partial charge in [0.25, 0.3) is 0 Å². The molecule has 3 rings (SSSR count). The van der Waals surface area contributed by atoms with Crippen LogP contribution in [0.2, 0.25) is 0 Å². The third-order valence-electron chi connectivity index (χ3n) is 4.91. The zero-order valence-corrected chi connectivity index (χ0v) is 17.4. The molecule has 10 heteroatoms. The number of aromatic nitrogens is 3. The Morgan fingerprint density at radius 3 is 2.74 bits per heavy atom. The van der Waals surface area contributed by atoms with Crippen LogP contribution >= 0.6 is 11.8 Å². The van der Waals surface area contributed by atoms with Gasteiger partial charge in [0.1, 0.15) is 0 Å². The largest absolute Gasteiger partial charge is 0.352 e. The summed E-state index contributed by atoms with van der Waals surface area (Å²) in [7, 11) is -0.583. The van der Waals surface area contributed by atoms with E-state index in [1.807, 2.05) is 0 Å². The lowest BCUT2D eigenvalue weighted by Crippen LogP contribution is -2.41. The number of pyridine rings is 1. The molecule has 1 fully saturated rings. The zero-order valence-electron chi connectivity index (χ0n) is 15.8. The molecule has 27 heavy (non-hydrogen) atoms. The van der Waals surface area contributed by atoms with Crippen LogP contribution in [0.4, 0.5) is 0 Å². The molecule has 0 aromatic carbocycles. The van der Waals surface area contributed by atoms with Crippen molar-refractivity contribution in [3.63, 3.8) is 0 Å². The van der Waals surface area contributed by atoms with Crippen molar-refractivity contribution in [2.24, 2.45) is 5.92 Å². The quantitative estimate of drug-likeness (QED) is 0.728. The Hall–Kier alpha value is -1.65. The molecule has 8 nitrogen and oxygen atoms in total. The normalized spacial score (nSPS) is 20.9. The topological polar surface area (TPSA) is 96.7 Å². The van der Waals surface area contributed by atoms with Gasteiger partial charge in [0, 0.05) is 26.3 Å². The van der Waals surface area contributed by atoms with Crippen molar-refractivity contribution in [2.75, 3.05) is 19.8 Å². The number of carbonyl (C=O) groups excluding carboxylic acids is 1. The summed E-state index contributed by atoms with van der Waals surface area (Å²) < 4.78 is 27.4. The smallest absolute Gasteiger partial charge is 0.244 e. The highest BCUT2D eigenvalue weighted by atomic mass is 32.2. The van der Waals surface area contributed by atoms with E-state index in [2.05, 4.69) is 22.4 Å². The maximum absolute atomic E-state index is 12.3. The van der Waals surface area contributed by atoms with E-state index < -0.39 is 10.0 Å². The lowest BCUT2D eigenvalue weighted by Gasteiger charge is -2.29. The minimum Gasteiger partial charge on any atom is -0.352 e. The number of sulfonamides is 1. The van der Waals surface area contributed by atoms with Gasteiger partial charge in [-0.25, -0.2) is 12.7 Å². The van der Waals surface area contributed by atoms with Gasteiger partial charge >= 0.3 is 0 Å². The summed E-state index contributed by atoms with van der Waals surface area (Å²) in [4.78, 5) is 12.5. The van der Waals surface area contributed by atoms with Crippen molar-refractivity contribution < 1.29 is 13.2 Å². The molecular weight excluding hydrogens is 386 g/mol. The number of thioether (sulfide) groups is 1. The van der Waals surface area contributed by atoms with Gasteiger partial charge in [-0.1, -0.05) is 31.5 Å². The Morgan fingerprint density at radius 1 is 1.30 bits per heavy atom. The molecule has 0 bridgehead atoms. The van der Waals surface area contributed by atoms with Gasteiger partial charge in [-0.15, -0.1) is 10.2 Å². The summed E-state index contributed by atoms with van der Waals surface area (Å²) in [6.07, 6.45) is 6.05. The van der Waals surface area contributed by atoms with Crippen LogP contribution in [0.3, 0.4) is 0 Å². The molecular formula is C17H25N5O3S2. The fourth-order valence-corrected chi connectivity index (χ4v) is 4.85. The maximum atomic E-state index is 12.3. The maximum Gasteiger partial charge on any atom is 0.244 e. The zero-order chi connectivity index (χ0) is 19.6. The Balaban J connectivity index is 1.70. The summed E-state index contributed by atoms with van der Waals surface area (Å²) >= 11 is 1.25. The van der Waals surface area contributed by atoms with Crippen LogP contribution < -0.4 is 5.32 Å². The molecule has 148 valence electrons. The van der Waals surface area contributed by atoms with Crippen molar-refractivity contribution in [1.29, 1.82) is 0 Å². The number of hydrogen-bond acceptors (Lipinski definition) is 6. The average Bonchev–Trinajstić information content (AvgIpc) is 3.04. The van der Waals surface area contributed by atoms with Gasteiger partial charge in [-0.05, 0) is 30.9 Å². The van der Waals surface area contributed by atoms with Gasteiger partial charge in [0.2, 0.25) is 15.9 Å². The molecule has 0 spiro atoms. The summed E-state index contributed by atoms with van der Waals surface area (Å²) in [5, 5.41) is 11.7. The third-order valence-corrected chi connectivity index (χ3v) is 7.65. The highest BCUT2D eigenvalue weighted by molar-refractivity contribution is 7.99. The van der Waals surface area contributed by atoms with Crippen molar-refractivity contribution in [3.05, 3.63) is 18.3 Å². The first-order valence-electron chi connectivity index (χ1n) is 8.98. The second-order valence-electron chi connectivity index (χ2n) is 7.09. The molecule has 0 radical (unpaired) electrons. The van der Waals surface area contributed by atoms with E-state index in [0.717, 1.165) is 23.6 Å². The molecule has 0 unspecified atom stereocenters. The average molecular weight is 412 g/mol. The van der Waals surface area contributed by atoms with Crippen molar-refractivity contribution in [1.82, 2.24) is 24.2 Å². The predicted octanol–water partition coefficient (Wildman–Crippen LogP) is 1.77. The van der Waals surface area contributed by atoms with Crippen LogP contribution in [-0.2, 0) is 14.8 Å². The van der Waals surface area contributed by atoms with E-state index in [4.69, 9.17) is 0 Å². The van der Waals surface area contributed by atoms with E-state index in [0.29, 0.717) is 16.7 Å². The fraction of sp³-hybridized carbons (Fsp3) is 0.588. The molecule has 0 aliphatic heterocycles. The fourth-order valence-electron chi connectivity index (χ4n) is 3.22. The standard InChI is InChI=1S/C17H25N5O3S2/c1-12-6-4-5-7-14(12)18-16(23)11-26-17-20-19-15-9-8-13(10-22(15)17)27(24,25)21(2)3/h8-10,12,14H,4-7,11H2,1-3H3,(H,18,23)/t12-,14-/m0/s1. The molecule has 2 aromatic rings. The Kier molecular flexibility index (Phi) is 6.07. The third kappa shape index (κ3) is 4.44. The molecule has 1 aliphatic carbocycles. The Labute approximate surface area is 163 Å². The number of nitrogens with one attached hydrogen (secondary N) is 1. The van der Waals surface area contributed by atoms with Gasteiger partial charge in [0.05, 0.1) is 10.6 Å². The lowest BCUT2D eigenvalue weighted by atomic mass is 9.86. The van der Waals surface area contributed by atoms with Gasteiger partial charge in [0.15, 0.2) is 10.8 Å². The molecule has 2 atom stereocenters. The second kappa shape index (κ2) is 8.15. The van der Waals surface area contributed by atoms with Crippen LogP contribution in [-0.4, -0.2) is 59.1 Å². The highest BCUT2D eigenvalue weighted by Crippen LogP contribution is 2.24. The summed E-state index contributed by atoms with van der Waals surface area (Å²) in [5.41, 5.74) is 0.538. The first kappa shape index (κ1) is 20.1. The van der Waals surface area contributed by atoms with E-state index in [9.17, 15) is 13.2 Å². The summed E-state index contributed by atoms with van der Waals surface area (Å²) in [6, 6.07) is 3.35. The highest BCUT2D eigenvalue weighted by Gasteiger charge is 2.23. The monoisotopic (exact) mass is 411 g/mol.